The molecule has 2 aliphatic heterocycles. The van der Waals surface area contributed by atoms with Gasteiger partial charge in [0.2, 0.25) is 0 Å². The Morgan fingerprint density at radius 3 is 2.40 bits per heavy atom. The summed E-state index contributed by atoms with van der Waals surface area (Å²) in [7, 11) is 1.79. The molecular weight excluding hydrogens is 188 g/mol. The third-order valence-electron chi connectivity index (χ3n) is 4.19. The van der Waals surface area contributed by atoms with Crippen LogP contribution in [0, 0.1) is 5.41 Å². The predicted octanol–water partition coefficient (Wildman–Crippen LogP) is 1.10. The molecule has 0 radical (unpaired) electrons. The Kier molecular flexibility index (Phi) is 4.00. The van der Waals surface area contributed by atoms with Gasteiger partial charge in [-0.2, -0.15) is 0 Å². The molecule has 0 aromatic rings. The molecule has 3 heteroatoms. The minimum absolute atomic E-state index is 0.689. The number of hydrogen-bond acceptors (Lipinski definition) is 3. The third-order valence-corrected chi connectivity index (χ3v) is 4.19. The molecule has 2 heterocycles. The van der Waals surface area contributed by atoms with Gasteiger partial charge in [-0.15, -0.1) is 0 Å². The molecule has 0 saturated carbocycles. The molecule has 0 aliphatic carbocycles. The molecule has 0 atom stereocenters. The van der Waals surface area contributed by atoms with Crippen LogP contribution in [-0.2, 0) is 4.74 Å². The summed E-state index contributed by atoms with van der Waals surface area (Å²) in [6, 6.07) is 0. The summed E-state index contributed by atoms with van der Waals surface area (Å²) in [5, 5.41) is 3.47. The van der Waals surface area contributed by atoms with Crippen molar-refractivity contribution in [1.29, 1.82) is 0 Å². The molecular formula is C12H24N2O. The van der Waals surface area contributed by atoms with Crippen LogP contribution in [0.1, 0.15) is 25.7 Å². The molecule has 0 aromatic heterocycles. The van der Waals surface area contributed by atoms with Crippen LogP contribution in [-0.4, -0.2) is 51.3 Å². The Morgan fingerprint density at radius 2 is 1.80 bits per heavy atom. The van der Waals surface area contributed by atoms with Crippen molar-refractivity contribution in [2.45, 2.75) is 25.7 Å². The van der Waals surface area contributed by atoms with Gasteiger partial charge in [0.15, 0.2) is 0 Å². The average Bonchev–Trinajstić information content (AvgIpc) is 2.30. The van der Waals surface area contributed by atoms with Crippen molar-refractivity contribution in [3.63, 3.8) is 0 Å². The molecule has 2 saturated heterocycles. The van der Waals surface area contributed by atoms with Gasteiger partial charge in [-0.3, -0.25) is 0 Å². The molecule has 15 heavy (non-hydrogen) atoms. The number of likely N-dealkylation sites (tertiary alicyclic amines) is 1. The summed E-state index contributed by atoms with van der Waals surface area (Å²) in [5.41, 5.74) is 0.689. The van der Waals surface area contributed by atoms with Crippen LogP contribution in [0.4, 0.5) is 0 Å². The van der Waals surface area contributed by atoms with Crippen molar-refractivity contribution >= 4 is 0 Å². The van der Waals surface area contributed by atoms with Crippen LogP contribution in [0.25, 0.3) is 0 Å². The van der Waals surface area contributed by atoms with E-state index in [0.29, 0.717) is 5.41 Å². The smallest absolute Gasteiger partial charge is 0.0589 e. The maximum Gasteiger partial charge on any atom is 0.0589 e. The lowest BCUT2D eigenvalue weighted by Crippen LogP contribution is -2.46. The lowest BCUT2D eigenvalue weighted by atomic mass is 9.71. The van der Waals surface area contributed by atoms with E-state index in [2.05, 4.69) is 10.2 Å². The van der Waals surface area contributed by atoms with Gasteiger partial charge < -0.3 is 15.0 Å². The third kappa shape index (κ3) is 2.92. The summed E-state index contributed by atoms with van der Waals surface area (Å²) in [6.45, 7) is 7.03. The fourth-order valence-electron chi connectivity index (χ4n) is 2.93. The number of nitrogens with zero attached hydrogens (tertiary/aromatic N) is 1. The van der Waals surface area contributed by atoms with E-state index in [9.17, 15) is 0 Å². The topological polar surface area (TPSA) is 24.5 Å². The molecule has 0 unspecified atom stereocenters. The Morgan fingerprint density at radius 1 is 1.13 bits per heavy atom. The van der Waals surface area contributed by atoms with Gasteiger partial charge in [-0.25, -0.2) is 0 Å². The number of ether oxygens (including phenoxy) is 1. The first-order valence-corrected chi connectivity index (χ1v) is 6.27. The molecule has 1 spiro atoms. The van der Waals surface area contributed by atoms with Crippen LogP contribution < -0.4 is 5.32 Å². The van der Waals surface area contributed by atoms with Gasteiger partial charge in [-0.1, -0.05) is 0 Å². The maximum atomic E-state index is 5.13. The second-order valence-electron chi connectivity index (χ2n) is 5.08. The number of rotatable bonds is 3. The summed E-state index contributed by atoms with van der Waals surface area (Å²) < 4.78 is 5.13. The van der Waals surface area contributed by atoms with Crippen molar-refractivity contribution in [1.82, 2.24) is 10.2 Å². The maximum absolute atomic E-state index is 5.13. The van der Waals surface area contributed by atoms with Crippen molar-refractivity contribution in [2.24, 2.45) is 5.41 Å². The van der Waals surface area contributed by atoms with Crippen LogP contribution in [0.2, 0.25) is 0 Å². The van der Waals surface area contributed by atoms with Crippen LogP contribution in [0.15, 0.2) is 0 Å². The first-order valence-electron chi connectivity index (χ1n) is 6.27. The van der Waals surface area contributed by atoms with Crippen molar-refractivity contribution in [2.75, 3.05) is 46.4 Å². The normalized spacial score (nSPS) is 27.0. The Balaban J connectivity index is 1.75. The largest absolute Gasteiger partial charge is 0.383 e. The van der Waals surface area contributed by atoms with Crippen molar-refractivity contribution in [3.05, 3.63) is 0 Å². The number of methoxy groups -OCH3 is 1. The highest BCUT2D eigenvalue weighted by atomic mass is 16.5. The molecule has 2 fully saturated rings. The first kappa shape index (κ1) is 11.4. The Labute approximate surface area is 93.2 Å². The zero-order chi connectivity index (χ0) is 10.6. The Bertz CT molecular complexity index is 180. The molecule has 88 valence electrons. The van der Waals surface area contributed by atoms with Gasteiger partial charge in [-0.05, 0) is 57.3 Å². The predicted molar refractivity (Wildman–Crippen MR) is 62.1 cm³/mol. The summed E-state index contributed by atoms with van der Waals surface area (Å²) in [6.07, 6.45) is 5.59. The van der Waals surface area contributed by atoms with E-state index in [1.807, 2.05) is 0 Å². The molecule has 2 aliphatic rings. The lowest BCUT2D eigenvalue weighted by Gasteiger charge is -2.44. The Hall–Kier alpha value is -0.120. The highest BCUT2D eigenvalue weighted by molar-refractivity contribution is 4.89. The van der Waals surface area contributed by atoms with Gasteiger partial charge >= 0.3 is 0 Å². The fraction of sp³-hybridized carbons (Fsp3) is 1.00. The van der Waals surface area contributed by atoms with Gasteiger partial charge in [0.25, 0.3) is 0 Å². The van der Waals surface area contributed by atoms with E-state index in [0.717, 1.165) is 13.2 Å². The number of hydrogen-bond donors (Lipinski definition) is 1. The van der Waals surface area contributed by atoms with Crippen LogP contribution in [0.3, 0.4) is 0 Å². The molecule has 0 aromatic carbocycles. The highest BCUT2D eigenvalue weighted by Crippen LogP contribution is 2.39. The van der Waals surface area contributed by atoms with E-state index < -0.39 is 0 Å². The SMILES string of the molecule is COCCN1CCC2(CCNCC2)CC1. The standard InChI is InChI=1S/C12H24N2O/c1-15-11-10-14-8-4-12(5-9-14)2-6-13-7-3-12/h13H,2-11H2,1H3. The van der Waals surface area contributed by atoms with Gasteiger partial charge in [0, 0.05) is 13.7 Å². The van der Waals surface area contributed by atoms with Crippen molar-refractivity contribution in [3.8, 4) is 0 Å². The lowest BCUT2D eigenvalue weighted by molar-refractivity contribution is 0.0575. The number of nitrogens with one attached hydrogen (secondary N) is 1. The first-order chi connectivity index (χ1) is 7.35. The minimum atomic E-state index is 0.689. The molecule has 0 bridgehead atoms. The van der Waals surface area contributed by atoms with Gasteiger partial charge in [0.1, 0.15) is 0 Å². The highest BCUT2D eigenvalue weighted by Gasteiger charge is 2.35. The summed E-state index contributed by atoms with van der Waals surface area (Å²) in [4.78, 5) is 2.55. The zero-order valence-corrected chi connectivity index (χ0v) is 9.93. The molecule has 1 N–H and O–H groups in total. The monoisotopic (exact) mass is 212 g/mol. The zero-order valence-electron chi connectivity index (χ0n) is 9.93. The second kappa shape index (κ2) is 5.28. The van der Waals surface area contributed by atoms with Crippen molar-refractivity contribution < 1.29 is 4.74 Å². The van der Waals surface area contributed by atoms with E-state index in [-0.39, 0.29) is 0 Å². The average molecular weight is 212 g/mol. The van der Waals surface area contributed by atoms with E-state index in [1.165, 1.54) is 51.9 Å². The number of piperidine rings is 2. The van der Waals surface area contributed by atoms with Crippen LogP contribution >= 0.6 is 0 Å². The minimum Gasteiger partial charge on any atom is -0.383 e. The molecule has 2 rings (SSSR count). The van der Waals surface area contributed by atoms with E-state index in [1.54, 1.807) is 7.11 Å². The molecule has 3 nitrogen and oxygen atoms in total. The fourth-order valence-corrected chi connectivity index (χ4v) is 2.93. The van der Waals surface area contributed by atoms with Crippen LogP contribution in [0.5, 0.6) is 0 Å². The van der Waals surface area contributed by atoms with E-state index in [4.69, 9.17) is 4.74 Å². The van der Waals surface area contributed by atoms with Gasteiger partial charge in [0.05, 0.1) is 6.61 Å². The quantitative estimate of drug-likeness (QED) is 0.758. The summed E-state index contributed by atoms with van der Waals surface area (Å²) in [5.74, 6) is 0. The summed E-state index contributed by atoms with van der Waals surface area (Å²) >= 11 is 0. The van der Waals surface area contributed by atoms with E-state index >= 15 is 0 Å². The second-order valence-corrected chi connectivity index (χ2v) is 5.08. The molecule has 0 amide bonds.